The van der Waals surface area contributed by atoms with Crippen LogP contribution in [0.3, 0.4) is 0 Å². The van der Waals surface area contributed by atoms with Gasteiger partial charge in [0.2, 0.25) is 0 Å². The predicted octanol–water partition coefficient (Wildman–Crippen LogP) is 4.61. The fraction of sp³-hybridized carbons (Fsp3) is 0.680. The van der Waals surface area contributed by atoms with Crippen molar-refractivity contribution in [2.75, 3.05) is 0 Å². The molecule has 1 aromatic rings. The van der Waals surface area contributed by atoms with Crippen LogP contribution >= 0.6 is 0 Å². The highest BCUT2D eigenvalue weighted by atomic mass is 16.3. The molecular weight excluding hydrogens is 360 g/mol. The lowest BCUT2D eigenvalue weighted by Gasteiger charge is -2.56. The topological polar surface area (TPSA) is 55.1 Å². The first-order valence-electron chi connectivity index (χ1n) is 11.4. The summed E-state index contributed by atoms with van der Waals surface area (Å²) < 4.78 is 1.88. The van der Waals surface area contributed by atoms with Crippen LogP contribution < -0.4 is 0 Å². The van der Waals surface area contributed by atoms with Gasteiger partial charge >= 0.3 is 0 Å². The van der Waals surface area contributed by atoms with E-state index in [2.05, 4.69) is 38.0 Å². The van der Waals surface area contributed by atoms with Crippen LogP contribution in [0.4, 0.5) is 0 Å². The van der Waals surface area contributed by atoms with Crippen molar-refractivity contribution in [3.05, 3.63) is 34.7 Å². The zero-order valence-electron chi connectivity index (χ0n) is 18.2. The Morgan fingerprint density at radius 1 is 1.17 bits per heavy atom. The number of hydrogen-bond acceptors (Lipinski definition) is 3. The number of aromatic nitrogens is 2. The van der Waals surface area contributed by atoms with Crippen molar-refractivity contribution >= 4 is 11.9 Å². The van der Waals surface area contributed by atoms with Gasteiger partial charge in [0.05, 0.1) is 12.3 Å². The molecular formula is C25H34N2O2. The molecule has 4 aliphatic rings. The minimum Gasteiger partial charge on any atom is -0.393 e. The van der Waals surface area contributed by atoms with Crippen molar-refractivity contribution in [1.82, 2.24) is 9.78 Å². The van der Waals surface area contributed by atoms with Crippen molar-refractivity contribution in [3.63, 3.8) is 0 Å². The van der Waals surface area contributed by atoms with Gasteiger partial charge in [-0.15, -0.1) is 0 Å². The standard InChI is InChI=1S/C25H34N2O2/c1-15-17(14-26-27(15)4)11-16-12-22-20-6-5-18-13-19(28)7-9-24(18,2)21(20)8-10-25(22,3)23(16)29/h5,11,14,19-22,28H,6-10,12-13H2,1-4H3/b16-11+/t19-,20+,21-,22-,24+,25+/m1/s1. The van der Waals surface area contributed by atoms with Gasteiger partial charge in [-0.25, -0.2) is 0 Å². The van der Waals surface area contributed by atoms with E-state index >= 15 is 0 Å². The van der Waals surface area contributed by atoms with E-state index in [1.807, 2.05) is 17.9 Å². The largest absolute Gasteiger partial charge is 0.393 e. The summed E-state index contributed by atoms with van der Waals surface area (Å²) in [4.78, 5) is 13.5. The number of aryl methyl sites for hydroxylation is 1. The van der Waals surface area contributed by atoms with Gasteiger partial charge in [0, 0.05) is 23.7 Å². The van der Waals surface area contributed by atoms with Crippen LogP contribution in [0.25, 0.3) is 6.08 Å². The van der Waals surface area contributed by atoms with Crippen LogP contribution in [0, 0.1) is 35.5 Å². The molecule has 4 heteroatoms. The molecule has 0 amide bonds. The Hall–Kier alpha value is -1.68. The van der Waals surface area contributed by atoms with Gasteiger partial charge in [-0.2, -0.15) is 5.10 Å². The lowest BCUT2D eigenvalue weighted by atomic mass is 9.48. The van der Waals surface area contributed by atoms with Crippen molar-refractivity contribution in [2.24, 2.45) is 35.6 Å². The maximum atomic E-state index is 13.5. The van der Waals surface area contributed by atoms with Gasteiger partial charge in [-0.1, -0.05) is 25.5 Å². The summed E-state index contributed by atoms with van der Waals surface area (Å²) in [6.45, 7) is 6.74. The van der Waals surface area contributed by atoms with E-state index in [-0.39, 0.29) is 16.9 Å². The fourth-order valence-corrected chi connectivity index (χ4v) is 7.29. The minimum atomic E-state index is -0.209. The molecule has 6 atom stereocenters. The lowest BCUT2D eigenvalue weighted by Crippen LogP contribution is -2.50. The van der Waals surface area contributed by atoms with Gasteiger partial charge in [-0.05, 0) is 86.7 Å². The fourth-order valence-electron chi connectivity index (χ4n) is 7.29. The van der Waals surface area contributed by atoms with Gasteiger partial charge in [0.25, 0.3) is 0 Å². The van der Waals surface area contributed by atoms with Crippen molar-refractivity contribution in [1.29, 1.82) is 0 Å². The Morgan fingerprint density at radius 2 is 1.93 bits per heavy atom. The molecule has 29 heavy (non-hydrogen) atoms. The smallest absolute Gasteiger partial charge is 0.165 e. The molecule has 156 valence electrons. The molecule has 1 aromatic heterocycles. The summed E-state index contributed by atoms with van der Waals surface area (Å²) in [6, 6.07) is 0. The maximum Gasteiger partial charge on any atom is 0.165 e. The van der Waals surface area contributed by atoms with E-state index in [0.29, 0.717) is 23.5 Å². The number of ketones is 1. The number of rotatable bonds is 1. The minimum absolute atomic E-state index is 0.162. The molecule has 1 heterocycles. The van der Waals surface area contributed by atoms with E-state index in [4.69, 9.17) is 0 Å². The van der Waals surface area contributed by atoms with Crippen LogP contribution in [0.5, 0.6) is 0 Å². The highest BCUT2D eigenvalue weighted by molar-refractivity contribution is 6.06. The molecule has 3 fully saturated rings. The number of aliphatic hydroxyl groups excluding tert-OH is 1. The van der Waals surface area contributed by atoms with Crippen LogP contribution in [0.1, 0.15) is 70.1 Å². The number of fused-ring (bicyclic) bond motifs is 5. The van der Waals surface area contributed by atoms with Gasteiger partial charge < -0.3 is 5.11 Å². The monoisotopic (exact) mass is 394 g/mol. The number of aliphatic hydroxyl groups is 1. The summed E-state index contributed by atoms with van der Waals surface area (Å²) in [7, 11) is 1.95. The number of allylic oxidation sites excluding steroid dienone is 2. The summed E-state index contributed by atoms with van der Waals surface area (Å²) in [5.41, 5.74) is 4.70. The molecule has 1 N–H and O–H groups in total. The Kier molecular flexibility index (Phi) is 4.26. The van der Waals surface area contributed by atoms with Crippen LogP contribution in [0.15, 0.2) is 23.4 Å². The highest BCUT2D eigenvalue weighted by Crippen LogP contribution is 2.64. The van der Waals surface area contributed by atoms with E-state index in [0.717, 1.165) is 61.8 Å². The number of nitrogens with zero attached hydrogens (tertiary/aromatic N) is 2. The Bertz CT molecular complexity index is 925. The Balaban J connectivity index is 1.49. The predicted molar refractivity (Wildman–Crippen MR) is 114 cm³/mol. The molecule has 0 unspecified atom stereocenters. The second-order valence-corrected chi connectivity index (χ2v) is 10.6. The Morgan fingerprint density at radius 3 is 2.66 bits per heavy atom. The van der Waals surface area contributed by atoms with E-state index < -0.39 is 0 Å². The van der Waals surface area contributed by atoms with Crippen LogP contribution in [-0.4, -0.2) is 26.8 Å². The first kappa shape index (κ1) is 19.3. The summed E-state index contributed by atoms with van der Waals surface area (Å²) in [6.07, 6.45) is 13.3. The second-order valence-electron chi connectivity index (χ2n) is 10.6. The van der Waals surface area contributed by atoms with Crippen molar-refractivity contribution in [3.8, 4) is 0 Å². The van der Waals surface area contributed by atoms with Crippen LogP contribution in [-0.2, 0) is 11.8 Å². The zero-order chi connectivity index (χ0) is 20.6. The van der Waals surface area contributed by atoms with Crippen molar-refractivity contribution < 1.29 is 9.90 Å². The first-order chi connectivity index (χ1) is 13.7. The number of carbonyl (C=O) groups is 1. The molecule has 0 spiro atoms. The first-order valence-corrected chi connectivity index (χ1v) is 11.4. The third kappa shape index (κ3) is 2.67. The molecule has 4 nitrogen and oxygen atoms in total. The summed E-state index contributed by atoms with van der Waals surface area (Å²) in [5.74, 6) is 2.06. The molecule has 0 aromatic carbocycles. The highest BCUT2D eigenvalue weighted by Gasteiger charge is 2.59. The molecule has 0 radical (unpaired) electrons. The summed E-state index contributed by atoms with van der Waals surface area (Å²) in [5, 5.41) is 14.5. The third-order valence-electron chi connectivity index (χ3n) is 9.32. The van der Waals surface area contributed by atoms with Gasteiger partial charge in [-0.3, -0.25) is 9.48 Å². The quantitative estimate of drug-likeness (QED) is 0.559. The molecule has 4 aliphatic carbocycles. The van der Waals surface area contributed by atoms with E-state index in [1.165, 1.54) is 5.57 Å². The molecule has 3 saturated carbocycles. The maximum absolute atomic E-state index is 13.5. The van der Waals surface area contributed by atoms with E-state index in [9.17, 15) is 9.90 Å². The number of carbonyl (C=O) groups excluding carboxylic acids is 1. The van der Waals surface area contributed by atoms with Crippen LogP contribution in [0.2, 0.25) is 0 Å². The van der Waals surface area contributed by atoms with E-state index in [1.54, 1.807) is 0 Å². The average Bonchev–Trinajstić information content (AvgIpc) is 3.14. The zero-order valence-corrected chi connectivity index (χ0v) is 18.2. The molecule has 0 bridgehead atoms. The number of hydrogen-bond donors (Lipinski definition) is 1. The Labute approximate surface area is 174 Å². The molecule has 0 saturated heterocycles. The molecule has 0 aliphatic heterocycles. The second kappa shape index (κ2) is 6.41. The van der Waals surface area contributed by atoms with Gasteiger partial charge in [0.1, 0.15) is 0 Å². The SMILES string of the molecule is Cc1c(/C=C2\C[C@@H]3[C@H]4CC=C5C[C@H](O)CC[C@]5(C)[C@@H]4CC[C@]3(C)C2=O)cnn1C. The molecule has 5 rings (SSSR count). The lowest BCUT2D eigenvalue weighted by molar-refractivity contribution is -0.130. The van der Waals surface area contributed by atoms with Gasteiger partial charge in [0.15, 0.2) is 5.78 Å². The number of Topliss-reactive ketones (excluding diaryl/α,β-unsaturated/α-hetero) is 1. The summed E-state index contributed by atoms with van der Waals surface area (Å²) >= 11 is 0. The average molecular weight is 395 g/mol. The van der Waals surface area contributed by atoms with Crippen molar-refractivity contribution in [2.45, 2.75) is 71.8 Å². The third-order valence-corrected chi connectivity index (χ3v) is 9.32. The normalized spacial score (nSPS) is 43.0.